The van der Waals surface area contributed by atoms with Crippen LogP contribution in [0.4, 0.5) is 0 Å². The Bertz CT molecular complexity index is 939. The van der Waals surface area contributed by atoms with Crippen LogP contribution in [-0.2, 0) is 16.2 Å². The predicted molar refractivity (Wildman–Crippen MR) is 102 cm³/mol. The quantitative estimate of drug-likeness (QED) is 0.603. The van der Waals surface area contributed by atoms with Crippen LogP contribution in [0.2, 0.25) is 0 Å². The molecule has 28 heavy (non-hydrogen) atoms. The van der Waals surface area contributed by atoms with E-state index in [1.165, 1.54) is 0 Å². The number of hydroxylamine groups is 2. The van der Waals surface area contributed by atoms with E-state index in [9.17, 15) is 9.59 Å². The molecule has 0 radical (unpaired) electrons. The molecule has 0 spiro atoms. The first-order valence-electron chi connectivity index (χ1n) is 9.04. The number of amides is 1. The minimum atomic E-state index is -0.581. The topological polar surface area (TPSA) is 85.5 Å². The summed E-state index contributed by atoms with van der Waals surface area (Å²) in [6, 6.07) is 14.6. The van der Waals surface area contributed by atoms with E-state index < -0.39 is 11.9 Å². The summed E-state index contributed by atoms with van der Waals surface area (Å²) in [6.07, 6.45) is 2.43. The fourth-order valence-electron chi connectivity index (χ4n) is 2.57. The zero-order valence-corrected chi connectivity index (χ0v) is 15.8. The number of aryl methyl sites for hydroxylation is 1. The van der Waals surface area contributed by atoms with Crippen molar-refractivity contribution in [3.63, 3.8) is 0 Å². The molecule has 1 aromatic carbocycles. The van der Waals surface area contributed by atoms with Gasteiger partial charge in [0.05, 0.1) is 11.4 Å². The average Bonchev–Trinajstić information content (AvgIpc) is 3.10. The van der Waals surface area contributed by atoms with Crippen LogP contribution in [0.5, 0.6) is 0 Å². The predicted octanol–water partition coefficient (Wildman–Crippen LogP) is 3.95. The third-order valence-corrected chi connectivity index (χ3v) is 3.94. The lowest BCUT2D eigenvalue weighted by Crippen LogP contribution is -2.33. The fraction of sp³-hybridized carbons (Fsp3) is 0.238. The van der Waals surface area contributed by atoms with Crippen molar-refractivity contribution in [2.24, 2.45) is 0 Å². The third-order valence-electron chi connectivity index (χ3n) is 3.94. The van der Waals surface area contributed by atoms with Crippen molar-refractivity contribution < 1.29 is 18.8 Å². The summed E-state index contributed by atoms with van der Waals surface area (Å²) < 4.78 is 5.71. The van der Waals surface area contributed by atoms with E-state index in [2.05, 4.69) is 9.97 Å². The molecule has 0 N–H and O–H groups in total. The van der Waals surface area contributed by atoms with Crippen LogP contribution >= 0.6 is 0 Å². The smallest absolute Gasteiger partial charge is 0.332 e. The second-order valence-electron chi connectivity index (χ2n) is 6.18. The maximum absolute atomic E-state index is 13.0. The first-order valence-corrected chi connectivity index (χ1v) is 9.04. The molecule has 0 unspecified atom stereocenters. The Morgan fingerprint density at radius 1 is 1.11 bits per heavy atom. The van der Waals surface area contributed by atoms with E-state index in [1.54, 1.807) is 31.3 Å². The summed E-state index contributed by atoms with van der Waals surface area (Å²) >= 11 is 0. The van der Waals surface area contributed by atoms with Crippen LogP contribution in [-0.4, -0.2) is 26.9 Å². The monoisotopic (exact) mass is 379 g/mol. The first kappa shape index (κ1) is 19.3. The molecule has 0 aliphatic heterocycles. The molecule has 0 atom stereocenters. The van der Waals surface area contributed by atoms with Crippen LogP contribution in [0, 0.1) is 6.92 Å². The van der Waals surface area contributed by atoms with E-state index in [4.69, 9.17) is 9.25 Å². The molecule has 0 aliphatic rings. The van der Waals surface area contributed by atoms with E-state index in [1.807, 2.05) is 37.3 Å². The molecule has 3 aromatic rings. The number of hydrogen-bond donors (Lipinski definition) is 0. The van der Waals surface area contributed by atoms with Crippen molar-refractivity contribution in [1.29, 1.82) is 0 Å². The Morgan fingerprint density at radius 2 is 1.86 bits per heavy atom. The van der Waals surface area contributed by atoms with E-state index in [0.717, 1.165) is 10.6 Å². The van der Waals surface area contributed by atoms with Gasteiger partial charge in [0, 0.05) is 18.2 Å². The second-order valence-corrected chi connectivity index (χ2v) is 6.18. The Morgan fingerprint density at radius 3 is 2.54 bits per heavy atom. The van der Waals surface area contributed by atoms with Gasteiger partial charge in [-0.2, -0.15) is 5.06 Å². The van der Waals surface area contributed by atoms with E-state index in [0.29, 0.717) is 23.7 Å². The summed E-state index contributed by atoms with van der Waals surface area (Å²) in [5, 5.41) is 0.975. The minimum Gasteiger partial charge on any atom is -0.431 e. The highest BCUT2D eigenvalue weighted by molar-refractivity contribution is 5.93. The van der Waals surface area contributed by atoms with Crippen LogP contribution in [0.15, 0.2) is 59.1 Å². The molecule has 0 saturated heterocycles. The van der Waals surface area contributed by atoms with Gasteiger partial charge in [0.25, 0.3) is 0 Å². The van der Waals surface area contributed by atoms with Crippen molar-refractivity contribution in [2.45, 2.75) is 33.2 Å². The van der Waals surface area contributed by atoms with Gasteiger partial charge in [-0.3, -0.25) is 9.78 Å². The molecule has 1 amide bonds. The van der Waals surface area contributed by atoms with Gasteiger partial charge in [-0.1, -0.05) is 31.2 Å². The molecule has 7 nitrogen and oxygen atoms in total. The SMILES string of the molecule is CCCC(=O)ON(Cc1ccccn1)C(=O)c1oc(-c2ccccc2)nc1C. The van der Waals surface area contributed by atoms with Gasteiger partial charge in [-0.15, -0.1) is 0 Å². The maximum Gasteiger partial charge on any atom is 0.332 e. The number of carbonyl (C=O) groups excluding carboxylic acids is 2. The van der Waals surface area contributed by atoms with Gasteiger partial charge < -0.3 is 9.25 Å². The number of nitrogens with zero attached hydrogens (tertiary/aromatic N) is 3. The Hall–Kier alpha value is -3.48. The van der Waals surface area contributed by atoms with E-state index in [-0.39, 0.29) is 18.7 Å². The molecule has 2 heterocycles. The molecule has 7 heteroatoms. The zero-order chi connectivity index (χ0) is 19.9. The first-order chi connectivity index (χ1) is 13.6. The molecule has 2 aromatic heterocycles. The third kappa shape index (κ3) is 4.62. The fourth-order valence-corrected chi connectivity index (χ4v) is 2.57. The summed E-state index contributed by atoms with van der Waals surface area (Å²) in [5.74, 6) is -0.715. The summed E-state index contributed by atoms with van der Waals surface area (Å²) in [6.45, 7) is 3.55. The molecular weight excluding hydrogens is 358 g/mol. The zero-order valence-electron chi connectivity index (χ0n) is 15.8. The van der Waals surface area contributed by atoms with Gasteiger partial charge in [0.15, 0.2) is 0 Å². The van der Waals surface area contributed by atoms with Crippen molar-refractivity contribution in [3.05, 3.63) is 71.9 Å². The number of rotatable bonds is 6. The minimum absolute atomic E-state index is 0.00986. The van der Waals surface area contributed by atoms with Crippen molar-refractivity contribution in [3.8, 4) is 11.5 Å². The highest BCUT2D eigenvalue weighted by Gasteiger charge is 2.27. The summed E-state index contributed by atoms with van der Waals surface area (Å²) in [7, 11) is 0. The molecule has 0 saturated carbocycles. The second kappa shape index (κ2) is 8.94. The van der Waals surface area contributed by atoms with Gasteiger partial charge >= 0.3 is 11.9 Å². The lowest BCUT2D eigenvalue weighted by molar-refractivity contribution is -0.180. The molecule has 0 fully saturated rings. The number of pyridine rings is 1. The number of hydrogen-bond acceptors (Lipinski definition) is 6. The van der Waals surface area contributed by atoms with Gasteiger partial charge in [0.1, 0.15) is 6.54 Å². The van der Waals surface area contributed by atoms with Crippen molar-refractivity contribution >= 4 is 11.9 Å². The summed E-state index contributed by atoms with van der Waals surface area (Å²) in [5.41, 5.74) is 1.76. The van der Waals surface area contributed by atoms with Gasteiger partial charge in [-0.05, 0) is 37.6 Å². The summed E-state index contributed by atoms with van der Waals surface area (Å²) in [4.78, 5) is 38.9. The number of oxazole rings is 1. The van der Waals surface area contributed by atoms with Crippen LogP contribution in [0.3, 0.4) is 0 Å². The highest BCUT2D eigenvalue weighted by Crippen LogP contribution is 2.23. The Kier molecular flexibility index (Phi) is 6.16. The Labute approximate surface area is 162 Å². The normalized spacial score (nSPS) is 10.5. The van der Waals surface area contributed by atoms with Crippen molar-refractivity contribution in [2.75, 3.05) is 0 Å². The van der Waals surface area contributed by atoms with Gasteiger partial charge in [-0.25, -0.2) is 9.78 Å². The van der Waals surface area contributed by atoms with Crippen LogP contribution in [0.25, 0.3) is 11.5 Å². The van der Waals surface area contributed by atoms with Crippen LogP contribution < -0.4 is 0 Å². The lowest BCUT2D eigenvalue weighted by Gasteiger charge is -2.20. The number of benzene rings is 1. The van der Waals surface area contributed by atoms with Gasteiger partial charge in [0.2, 0.25) is 11.7 Å². The molecule has 0 bridgehead atoms. The maximum atomic E-state index is 13.0. The largest absolute Gasteiger partial charge is 0.431 e. The molecule has 0 aliphatic carbocycles. The van der Waals surface area contributed by atoms with Crippen molar-refractivity contribution in [1.82, 2.24) is 15.0 Å². The Balaban J connectivity index is 1.88. The number of carbonyl (C=O) groups is 2. The number of aromatic nitrogens is 2. The molecular formula is C21H21N3O4. The molecule has 144 valence electrons. The average molecular weight is 379 g/mol. The van der Waals surface area contributed by atoms with E-state index >= 15 is 0 Å². The van der Waals surface area contributed by atoms with Crippen LogP contribution in [0.1, 0.15) is 41.7 Å². The highest BCUT2D eigenvalue weighted by atomic mass is 16.7. The lowest BCUT2D eigenvalue weighted by atomic mass is 10.2. The standard InChI is InChI=1S/C21H21N3O4/c1-3-9-18(25)28-24(14-17-12-7-8-13-22-17)21(26)19-15(2)23-20(27-19)16-10-5-4-6-11-16/h4-8,10-13H,3,9,14H2,1-2H3. The molecule has 3 rings (SSSR count).